The maximum atomic E-state index is 11.9. The van der Waals surface area contributed by atoms with Gasteiger partial charge in [-0.25, -0.2) is 0 Å². The molecule has 0 unspecified atom stereocenters. The van der Waals surface area contributed by atoms with Crippen LogP contribution in [0.2, 0.25) is 5.15 Å². The van der Waals surface area contributed by atoms with Crippen LogP contribution >= 0.6 is 11.6 Å². The fraction of sp³-hybridized carbons (Fsp3) is 0.455. The van der Waals surface area contributed by atoms with E-state index in [-0.39, 0.29) is 17.0 Å². The number of carbonyl (C=O) groups is 2. The normalized spacial score (nSPS) is 22.7. The summed E-state index contributed by atoms with van der Waals surface area (Å²) in [7, 11) is 0. The lowest BCUT2D eigenvalue weighted by Gasteiger charge is -2.09. The number of aliphatic carboxylic acids is 1. The highest BCUT2D eigenvalue weighted by Gasteiger charge is 2.33. The molecule has 2 atom stereocenters. The Morgan fingerprint density at radius 2 is 2.00 bits per heavy atom. The number of hydrogen-bond donors (Lipinski definition) is 2. The molecule has 1 aromatic rings. The maximum absolute atomic E-state index is 11.9. The Morgan fingerprint density at radius 1 is 1.28 bits per heavy atom. The van der Waals surface area contributed by atoms with E-state index in [0.717, 1.165) is 0 Å². The molecule has 0 radical (unpaired) electrons. The third-order valence-corrected chi connectivity index (χ3v) is 3.24. The molecule has 0 saturated heterocycles. The molecular formula is C11H12ClN3O3. The molecule has 18 heavy (non-hydrogen) atoms. The van der Waals surface area contributed by atoms with E-state index < -0.39 is 11.9 Å². The van der Waals surface area contributed by atoms with Gasteiger partial charge in [-0.1, -0.05) is 11.6 Å². The zero-order valence-electron chi connectivity index (χ0n) is 9.47. The Kier molecular flexibility index (Phi) is 3.76. The highest BCUT2D eigenvalue weighted by Crippen LogP contribution is 2.31. The number of carboxylic acid groups (broad SMARTS) is 1. The third kappa shape index (κ3) is 2.95. The molecule has 0 bridgehead atoms. The molecule has 2 rings (SSSR count). The maximum Gasteiger partial charge on any atom is 0.306 e. The zero-order valence-corrected chi connectivity index (χ0v) is 10.2. The number of amides is 1. The fourth-order valence-corrected chi connectivity index (χ4v) is 2.16. The first-order valence-electron chi connectivity index (χ1n) is 5.59. The Labute approximate surface area is 108 Å². The number of halogens is 1. The quantitative estimate of drug-likeness (QED) is 0.869. The molecule has 96 valence electrons. The van der Waals surface area contributed by atoms with Crippen LogP contribution in [0.3, 0.4) is 0 Å². The summed E-state index contributed by atoms with van der Waals surface area (Å²) < 4.78 is 0. The van der Waals surface area contributed by atoms with Gasteiger partial charge in [0, 0.05) is 5.92 Å². The number of carbonyl (C=O) groups excluding carboxylic acids is 1. The van der Waals surface area contributed by atoms with Crippen LogP contribution in [-0.4, -0.2) is 27.2 Å². The van der Waals surface area contributed by atoms with E-state index in [1.807, 2.05) is 0 Å². The van der Waals surface area contributed by atoms with Crippen molar-refractivity contribution >= 4 is 29.3 Å². The summed E-state index contributed by atoms with van der Waals surface area (Å²) >= 11 is 5.58. The first kappa shape index (κ1) is 12.8. The predicted molar refractivity (Wildman–Crippen MR) is 64.1 cm³/mol. The van der Waals surface area contributed by atoms with E-state index in [1.54, 1.807) is 6.07 Å². The lowest BCUT2D eigenvalue weighted by molar-refractivity contribution is -0.141. The molecule has 1 saturated carbocycles. The number of hydrogen-bond acceptors (Lipinski definition) is 4. The van der Waals surface area contributed by atoms with Crippen LogP contribution in [-0.2, 0) is 9.59 Å². The summed E-state index contributed by atoms with van der Waals surface area (Å²) in [6.07, 6.45) is 1.51. The number of nitrogens with zero attached hydrogens (tertiary/aromatic N) is 2. The van der Waals surface area contributed by atoms with Gasteiger partial charge in [0.2, 0.25) is 5.91 Å². The highest BCUT2D eigenvalue weighted by molar-refractivity contribution is 6.29. The smallest absolute Gasteiger partial charge is 0.306 e. The van der Waals surface area contributed by atoms with Crippen molar-refractivity contribution in [2.45, 2.75) is 19.3 Å². The largest absolute Gasteiger partial charge is 0.481 e. The van der Waals surface area contributed by atoms with Crippen molar-refractivity contribution in [3.05, 3.63) is 17.3 Å². The second-order valence-electron chi connectivity index (χ2n) is 4.28. The minimum absolute atomic E-state index is 0.213. The predicted octanol–water partition coefficient (Wildman–Crippen LogP) is 1.57. The van der Waals surface area contributed by atoms with Gasteiger partial charge in [-0.05, 0) is 31.4 Å². The minimum Gasteiger partial charge on any atom is -0.481 e. The van der Waals surface area contributed by atoms with Crippen molar-refractivity contribution in [2.24, 2.45) is 11.8 Å². The molecule has 0 aromatic carbocycles. The van der Waals surface area contributed by atoms with Crippen LogP contribution in [0.25, 0.3) is 0 Å². The third-order valence-electron chi connectivity index (χ3n) is 3.04. The molecule has 0 spiro atoms. The van der Waals surface area contributed by atoms with Crippen LogP contribution in [0.15, 0.2) is 12.1 Å². The van der Waals surface area contributed by atoms with Crippen LogP contribution in [0.4, 0.5) is 5.82 Å². The number of rotatable bonds is 3. The van der Waals surface area contributed by atoms with Gasteiger partial charge in [0.15, 0.2) is 11.0 Å². The second kappa shape index (κ2) is 5.30. The van der Waals surface area contributed by atoms with Gasteiger partial charge in [0.1, 0.15) is 0 Å². The molecular weight excluding hydrogens is 258 g/mol. The summed E-state index contributed by atoms with van der Waals surface area (Å²) in [6.45, 7) is 0. The lowest BCUT2D eigenvalue weighted by atomic mass is 10.0. The summed E-state index contributed by atoms with van der Waals surface area (Å²) in [5.41, 5.74) is 0. The van der Waals surface area contributed by atoms with Gasteiger partial charge in [0.25, 0.3) is 0 Å². The molecule has 6 nitrogen and oxygen atoms in total. The van der Waals surface area contributed by atoms with Crippen LogP contribution < -0.4 is 5.32 Å². The van der Waals surface area contributed by atoms with E-state index in [0.29, 0.717) is 25.1 Å². The van der Waals surface area contributed by atoms with Gasteiger partial charge in [-0.15, -0.1) is 10.2 Å². The molecule has 1 amide bonds. The Balaban J connectivity index is 1.93. The van der Waals surface area contributed by atoms with Gasteiger partial charge >= 0.3 is 5.97 Å². The average molecular weight is 270 g/mol. The Hall–Kier alpha value is -1.69. The van der Waals surface area contributed by atoms with Crippen molar-refractivity contribution in [1.82, 2.24) is 10.2 Å². The molecule has 1 aliphatic carbocycles. The first-order chi connectivity index (χ1) is 8.56. The minimum atomic E-state index is -0.836. The molecule has 1 heterocycles. The van der Waals surface area contributed by atoms with E-state index >= 15 is 0 Å². The molecule has 1 fully saturated rings. The van der Waals surface area contributed by atoms with Crippen molar-refractivity contribution in [1.29, 1.82) is 0 Å². The number of nitrogens with one attached hydrogen (secondary N) is 1. The van der Waals surface area contributed by atoms with Crippen molar-refractivity contribution < 1.29 is 14.7 Å². The van der Waals surface area contributed by atoms with Gasteiger partial charge in [-0.2, -0.15) is 0 Å². The SMILES string of the molecule is O=C(O)[C@H]1CC[C@@H](C(=O)Nc2ccc(Cl)nn2)C1. The van der Waals surface area contributed by atoms with Crippen LogP contribution in [0.1, 0.15) is 19.3 Å². The van der Waals surface area contributed by atoms with Gasteiger partial charge in [0.05, 0.1) is 5.92 Å². The standard InChI is InChI=1S/C11H12ClN3O3/c12-8-3-4-9(15-14-8)13-10(16)6-1-2-7(5-6)11(17)18/h3-4,6-7H,1-2,5H2,(H,17,18)(H,13,15,16)/t6-,7+/m1/s1. The number of aromatic nitrogens is 2. The molecule has 1 aromatic heterocycles. The van der Waals surface area contributed by atoms with Gasteiger partial charge < -0.3 is 10.4 Å². The molecule has 0 aliphatic heterocycles. The van der Waals surface area contributed by atoms with Crippen molar-refractivity contribution in [3.8, 4) is 0 Å². The van der Waals surface area contributed by atoms with Gasteiger partial charge in [-0.3, -0.25) is 9.59 Å². The van der Waals surface area contributed by atoms with Crippen molar-refractivity contribution in [2.75, 3.05) is 5.32 Å². The van der Waals surface area contributed by atoms with E-state index in [9.17, 15) is 9.59 Å². The molecule has 7 heteroatoms. The summed E-state index contributed by atoms with van der Waals surface area (Å²) in [4.78, 5) is 22.7. The molecule has 1 aliphatic rings. The van der Waals surface area contributed by atoms with Crippen LogP contribution in [0.5, 0.6) is 0 Å². The Morgan fingerprint density at radius 3 is 2.56 bits per heavy atom. The van der Waals surface area contributed by atoms with E-state index in [4.69, 9.17) is 16.7 Å². The number of anilines is 1. The fourth-order valence-electron chi connectivity index (χ4n) is 2.05. The highest BCUT2D eigenvalue weighted by atomic mass is 35.5. The van der Waals surface area contributed by atoms with Crippen LogP contribution in [0, 0.1) is 11.8 Å². The monoisotopic (exact) mass is 269 g/mol. The lowest BCUT2D eigenvalue weighted by Crippen LogP contribution is -2.22. The van der Waals surface area contributed by atoms with Crippen molar-refractivity contribution in [3.63, 3.8) is 0 Å². The summed E-state index contributed by atoms with van der Waals surface area (Å²) in [5, 5.41) is 19.0. The zero-order chi connectivity index (χ0) is 13.1. The summed E-state index contributed by atoms with van der Waals surface area (Å²) in [5.74, 6) is -1.42. The second-order valence-corrected chi connectivity index (χ2v) is 4.66. The molecule has 2 N–H and O–H groups in total. The first-order valence-corrected chi connectivity index (χ1v) is 5.97. The summed E-state index contributed by atoms with van der Waals surface area (Å²) in [6, 6.07) is 3.08. The van der Waals surface area contributed by atoms with E-state index in [1.165, 1.54) is 6.07 Å². The topological polar surface area (TPSA) is 92.2 Å². The number of carboxylic acids is 1. The average Bonchev–Trinajstić information content (AvgIpc) is 2.81. The Bertz CT molecular complexity index is 463. The van der Waals surface area contributed by atoms with E-state index in [2.05, 4.69) is 15.5 Å².